The zero-order valence-electron chi connectivity index (χ0n) is 10.8. The van der Waals surface area contributed by atoms with Gasteiger partial charge in [-0.3, -0.25) is 4.79 Å². The fourth-order valence-electron chi connectivity index (χ4n) is 1.73. The van der Waals surface area contributed by atoms with Gasteiger partial charge in [-0.05, 0) is 26.7 Å². The van der Waals surface area contributed by atoms with Crippen LogP contribution >= 0.6 is 12.2 Å². The SMILES string of the molecule is CCC(CC)C(=O)N(CCC(N)=S)C(C)C. The zero-order valence-corrected chi connectivity index (χ0v) is 11.6. The first-order valence-electron chi connectivity index (χ1n) is 6.02. The second-order valence-corrected chi connectivity index (χ2v) is 4.88. The Morgan fingerprint density at radius 2 is 1.81 bits per heavy atom. The maximum atomic E-state index is 12.2. The van der Waals surface area contributed by atoms with E-state index in [4.69, 9.17) is 18.0 Å². The van der Waals surface area contributed by atoms with Gasteiger partial charge in [0.1, 0.15) is 0 Å². The van der Waals surface area contributed by atoms with E-state index in [0.29, 0.717) is 18.0 Å². The summed E-state index contributed by atoms with van der Waals surface area (Å²) >= 11 is 4.85. The number of nitrogens with two attached hydrogens (primary N) is 1. The van der Waals surface area contributed by atoms with Crippen molar-refractivity contribution in [3.8, 4) is 0 Å². The Morgan fingerprint density at radius 3 is 2.12 bits per heavy atom. The summed E-state index contributed by atoms with van der Waals surface area (Å²) in [5.41, 5.74) is 5.48. The molecule has 0 aromatic carbocycles. The highest BCUT2D eigenvalue weighted by Gasteiger charge is 2.23. The van der Waals surface area contributed by atoms with E-state index in [-0.39, 0.29) is 17.9 Å². The Kier molecular flexibility index (Phi) is 7.30. The molecule has 0 aliphatic rings. The zero-order chi connectivity index (χ0) is 12.7. The van der Waals surface area contributed by atoms with Gasteiger partial charge in [0.05, 0.1) is 4.99 Å². The molecule has 4 heteroatoms. The van der Waals surface area contributed by atoms with E-state index in [2.05, 4.69) is 13.8 Å². The molecule has 0 fully saturated rings. The van der Waals surface area contributed by atoms with Crippen LogP contribution in [-0.4, -0.2) is 28.4 Å². The van der Waals surface area contributed by atoms with Crippen LogP contribution in [0.15, 0.2) is 0 Å². The number of nitrogens with zero attached hydrogens (tertiary/aromatic N) is 1. The predicted molar refractivity (Wildman–Crippen MR) is 72.3 cm³/mol. The fraction of sp³-hybridized carbons (Fsp3) is 0.833. The van der Waals surface area contributed by atoms with Crippen LogP contribution in [0.1, 0.15) is 47.0 Å². The molecule has 0 radical (unpaired) electrons. The molecule has 0 unspecified atom stereocenters. The molecule has 0 saturated carbocycles. The van der Waals surface area contributed by atoms with E-state index in [9.17, 15) is 4.79 Å². The molecule has 0 aliphatic carbocycles. The number of thiocarbonyl (C=S) groups is 1. The highest BCUT2D eigenvalue weighted by atomic mass is 32.1. The molecule has 0 atom stereocenters. The number of amides is 1. The van der Waals surface area contributed by atoms with Gasteiger partial charge in [0.25, 0.3) is 0 Å². The summed E-state index contributed by atoms with van der Waals surface area (Å²) in [6, 6.07) is 0.211. The van der Waals surface area contributed by atoms with Crippen molar-refractivity contribution in [2.75, 3.05) is 6.54 Å². The quantitative estimate of drug-likeness (QED) is 0.699. The lowest BCUT2D eigenvalue weighted by Crippen LogP contribution is -2.42. The van der Waals surface area contributed by atoms with Crippen molar-refractivity contribution in [3.05, 3.63) is 0 Å². The molecule has 16 heavy (non-hydrogen) atoms. The molecule has 94 valence electrons. The normalized spacial score (nSPS) is 10.9. The molecule has 0 spiro atoms. The van der Waals surface area contributed by atoms with E-state index in [0.717, 1.165) is 12.8 Å². The molecular weight excluding hydrogens is 220 g/mol. The lowest BCUT2D eigenvalue weighted by atomic mass is 10.0. The van der Waals surface area contributed by atoms with Crippen molar-refractivity contribution < 1.29 is 4.79 Å². The summed E-state index contributed by atoms with van der Waals surface area (Å²) in [6.45, 7) is 8.80. The monoisotopic (exact) mass is 244 g/mol. The van der Waals surface area contributed by atoms with Crippen LogP contribution in [0.5, 0.6) is 0 Å². The third-order valence-corrected chi connectivity index (χ3v) is 3.04. The number of hydrogen-bond donors (Lipinski definition) is 1. The lowest BCUT2D eigenvalue weighted by Gasteiger charge is -2.30. The molecular formula is C12H24N2OS. The molecule has 0 rings (SSSR count). The van der Waals surface area contributed by atoms with Crippen LogP contribution in [0.3, 0.4) is 0 Å². The Morgan fingerprint density at radius 1 is 1.31 bits per heavy atom. The summed E-state index contributed by atoms with van der Waals surface area (Å²) in [4.78, 5) is 14.6. The molecule has 0 heterocycles. The Balaban J connectivity index is 4.51. The predicted octanol–water partition coefficient (Wildman–Crippen LogP) is 2.34. The molecule has 1 amide bonds. The second kappa shape index (κ2) is 7.60. The van der Waals surface area contributed by atoms with Gasteiger partial charge < -0.3 is 10.6 Å². The molecule has 2 N–H and O–H groups in total. The van der Waals surface area contributed by atoms with Crippen LogP contribution < -0.4 is 5.73 Å². The lowest BCUT2D eigenvalue weighted by molar-refractivity contribution is -0.137. The molecule has 0 aromatic heterocycles. The van der Waals surface area contributed by atoms with Gasteiger partial charge in [-0.25, -0.2) is 0 Å². The van der Waals surface area contributed by atoms with Crippen LogP contribution in [0.2, 0.25) is 0 Å². The van der Waals surface area contributed by atoms with Gasteiger partial charge in [-0.2, -0.15) is 0 Å². The van der Waals surface area contributed by atoms with Gasteiger partial charge in [0, 0.05) is 24.9 Å². The maximum Gasteiger partial charge on any atom is 0.225 e. The number of hydrogen-bond acceptors (Lipinski definition) is 2. The van der Waals surface area contributed by atoms with Gasteiger partial charge in [-0.15, -0.1) is 0 Å². The summed E-state index contributed by atoms with van der Waals surface area (Å²) in [5, 5.41) is 0. The third-order valence-electron chi connectivity index (χ3n) is 2.84. The Bertz CT molecular complexity index is 237. The molecule has 0 aliphatic heterocycles. The molecule has 0 aromatic rings. The first-order valence-corrected chi connectivity index (χ1v) is 6.43. The van der Waals surface area contributed by atoms with Crippen LogP contribution in [-0.2, 0) is 4.79 Å². The van der Waals surface area contributed by atoms with Crippen molar-refractivity contribution in [1.29, 1.82) is 0 Å². The number of carbonyl (C=O) groups is 1. The summed E-state index contributed by atoms with van der Waals surface area (Å²) in [5.74, 6) is 0.366. The van der Waals surface area contributed by atoms with Crippen molar-refractivity contribution >= 4 is 23.1 Å². The highest BCUT2D eigenvalue weighted by molar-refractivity contribution is 7.80. The van der Waals surface area contributed by atoms with Gasteiger partial charge in [-0.1, -0.05) is 26.1 Å². The van der Waals surface area contributed by atoms with Gasteiger partial charge in [0.15, 0.2) is 0 Å². The molecule has 0 bridgehead atoms. The van der Waals surface area contributed by atoms with Crippen LogP contribution in [0.4, 0.5) is 0 Å². The third kappa shape index (κ3) is 4.92. The van der Waals surface area contributed by atoms with Gasteiger partial charge in [0.2, 0.25) is 5.91 Å². The minimum Gasteiger partial charge on any atom is -0.393 e. The maximum absolute atomic E-state index is 12.2. The van der Waals surface area contributed by atoms with Crippen molar-refractivity contribution in [1.82, 2.24) is 4.90 Å². The highest BCUT2D eigenvalue weighted by Crippen LogP contribution is 2.14. The first-order chi connectivity index (χ1) is 7.43. The fourth-order valence-corrected chi connectivity index (χ4v) is 1.82. The Labute approximate surface area is 104 Å². The minimum absolute atomic E-state index is 0.133. The smallest absolute Gasteiger partial charge is 0.225 e. The van der Waals surface area contributed by atoms with Crippen molar-refractivity contribution in [3.63, 3.8) is 0 Å². The van der Waals surface area contributed by atoms with E-state index in [1.165, 1.54) is 0 Å². The van der Waals surface area contributed by atoms with Crippen molar-refractivity contribution in [2.24, 2.45) is 11.7 Å². The Hall–Kier alpha value is -0.640. The largest absolute Gasteiger partial charge is 0.393 e. The number of carbonyl (C=O) groups excluding carboxylic acids is 1. The van der Waals surface area contributed by atoms with E-state index >= 15 is 0 Å². The van der Waals surface area contributed by atoms with Gasteiger partial charge >= 0.3 is 0 Å². The molecule has 0 saturated heterocycles. The topological polar surface area (TPSA) is 46.3 Å². The average molecular weight is 244 g/mol. The minimum atomic E-state index is 0.133. The molecule has 3 nitrogen and oxygen atoms in total. The first kappa shape index (κ1) is 15.4. The number of rotatable bonds is 7. The van der Waals surface area contributed by atoms with E-state index in [1.807, 2.05) is 18.7 Å². The summed E-state index contributed by atoms with van der Waals surface area (Å²) < 4.78 is 0. The second-order valence-electron chi connectivity index (χ2n) is 4.36. The van der Waals surface area contributed by atoms with E-state index in [1.54, 1.807) is 0 Å². The van der Waals surface area contributed by atoms with Crippen LogP contribution in [0.25, 0.3) is 0 Å². The average Bonchev–Trinajstić information content (AvgIpc) is 2.18. The van der Waals surface area contributed by atoms with E-state index < -0.39 is 0 Å². The standard InChI is InChI=1S/C12H24N2OS/c1-5-10(6-2)12(15)14(9(3)4)8-7-11(13)16/h9-10H,5-8H2,1-4H3,(H2,13,16). The van der Waals surface area contributed by atoms with Crippen molar-refractivity contribution in [2.45, 2.75) is 53.0 Å². The summed E-state index contributed by atoms with van der Waals surface area (Å²) in [6.07, 6.45) is 2.40. The van der Waals surface area contributed by atoms with Crippen LogP contribution in [0, 0.1) is 5.92 Å². The summed E-state index contributed by atoms with van der Waals surface area (Å²) in [7, 11) is 0.